The van der Waals surface area contributed by atoms with Gasteiger partial charge in [-0.15, -0.1) is 0 Å². The number of amides is 3. The van der Waals surface area contributed by atoms with Crippen LogP contribution in [0.5, 0.6) is 0 Å². The molecule has 2 saturated heterocycles. The third-order valence-corrected chi connectivity index (χ3v) is 18.3. The van der Waals surface area contributed by atoms with E-state index in [0.29, 0.717) is 51.6 Å². The van der Waals surface area contributed by atoms with E-state index >= 15 is 0 Å². The van der Waals surface area contributed by atoms with Gasteiger partial charge in [0.2, 0.25) is 5.91 Å². The maximum absolute atomic E-state index is 14.3. The van der Waals surface area contributed by atoms with Crippen LogP contribution in [0.2, 0.25) is 0 Å². The van der Waals surface area contributed by atoms with Crippen molar-refractivity contribution in [3.05, 3.63) is 247 Å². The maximum atomic E-state index is 14.3. The molecule has 0 spiro atoms. The number of aromatic nitrogens is 6. The van der Waals surface area contributed by atoms with E-state index in [-0.39, 0.29) is 90.2 Å². The minimum atomic E-state index is -5.09. The summed E-state index contributed by atoms with van der Waals surface area (Å²) in [5.41, 5.74) is -11.5. The first-order valence-electron chi connectivity index (χ1n) is 31.6. The zero-order valence-corrected chi connectivity index (χ0v) is 55.0. The van der Waals surface area contributed by atoms with E-state index in [1.165, 1.54) is 41.5 Å². The van der Waals surface area contributed by atoms with E-state index in [2.05, 4.69) is 20.4 Å². The summed E-state index contributed by atoms with van der Waals surface area (Å²) in [5.74, 6) is -1.08. The Bertz CT molecular complexity index is 4260. The van der Waals surface area contributed by atoms with E-state index in [4.69, 9.17) is 18.9 Å². The number of alkyl halides is 12. The Balaban J connectivity index is 0.000000286. The van der Waals surface area contributed by atoms with Gasteiger partial charge < -0.3 is 18.9 Å². The summed E-state index contributed by atoms with van der Waals surface area (Å²) in [6.45, 7) is 2.11. The number of ether oxygens (including phenoxy) is 4. The number of nitrogens with one attached hydrogen (secondary N) is 2. The van der Waals surface area contributed by atoms with E-state index in [9.17, 15) is 86.7 Å². The van der Waals surface area contributed by atoms with Crippen molar-refractivity contribution in [3.63, 3.8) is 0 Å². The van der Waals surface area contributed by atoms with Crippen molar-refractivity contribution in [1.29, 1.82) is 0 Å². The molecule has 2 aliphatic heterocycles. The number of rotatable bonds is 20. The highest BCUT2D eigenvalue weighted by Gasteiger charge is 2.56. The lowest BCUT2D eigenvalue weighted by atomic mass is 9.73. The van der Waals surface area contributed by atoms with E-state index < -0.39 is 143 Å². The number of piperidine rings is 2. The van der Waals surface area contributed by atoms with E-state index in [1.807, 2.05) is 0 Å². The number of halogens is 12. The Hall–Kier alpha value is -10.1. The highest BCUT2D eigenvalue weighted by atomic mass is 19.4. The van der Waals surface area contributed by atoms with Gasteiger partial charge in [-0.05, 0) is 116 Å². The first-order valence-corrected chi connectivity index (χ1v) is 31.6. The third kappa shape index (κ3) is 18.6. The zero-order chi connectivity index (χ0) is 74.2. The number of carbonyl (C=O) groups is 4. The Labute approximate surface area is 589 Å². The quantitative estimate of drug-likeness (QED) is 0.0366. The van der Waals surface area contributed by atoms with Crippen molar-refractivity contribution < 1.29 is 96.0 Å². The summed E-state index contributed by atoms with van der Waals surface area (Å²) in [6.07, 6.45) is -22.9. The number of likely N-dealkylation sites (tertiary alicyclic amines) is 2. The molecule has 0 saturated carbocycles. The highest BCUT2D eigenvalue weighted by Crippen LogP contribution is 2.49. The first kappa shape index (κ1) is 81.2. The molecule has 6 aromatic carbocycles. The van der Waals surface area contributed by atoms with Crippen LogP contribution in [0.4, 0.5) is 62.3 Å². The van der Waals surface area contributed by atoms with Crippen LogP contribution in [0.25, 0.3) is 0 Å². The molecule has 20 nitrogen and oxygen atoms in total. The topological polar surface area (TPSA) is 237 Å². The Morgan fingerprint density at radius 1 is 0.510 bits per heavy atom. The number of hydrogen-bond acceptors (Lipinski definition) is 13. The Morgan fingerprint density at radius 2 is 0.827 bits per heavy atom. The molecule has 0 bridgehead atoms. The molecule has 4 heterocycles. The Morgan fingerprint density at radius 3 is 1.12 bits per heavy atom. The van der Waals surface area contributed by atoms with Gasteiger partial charge in [-0.25, -0.2) is 34.4 Å². The molecular formula is C72H77F12N9O11. The fourth-order valence-corrected chi connectivity index (χ4v) is 12.9. The van der Waals surface area contributed by atoms with Crippen LogP contribution < -0.4 is 11.4 Å². The van der Waals surface area contributed by atoms with Crippen LogP contribution in [0.3, 0.4) is 0 Å². The molecule has 3 amide bonds. The predicted octanol–water partition coefficient (Wildman–Crippen LogP) is 15.3. The summed E-state index contributed by atoms with van der Waals surface area (Å²) in [6, 6.07) is 36.8. The molecule has 0 aliphatic carbocycles. The minimum absolute atomic E-state index is 0. The summed E-state index contributed by atoms with van der Waals surface area (Å²) < 4.78 is 191. The molecule has 2 aliphatic rings. The number of benzene rings is 6. The molecule has 2 aromatic heterocycles. The first-order chi connectivity index (χ1) is 48.0. The van der Waals surface area contributed by atoms with Crippen LogP contribution in [0.15, 0.2) is 180 Å². The van der Waals surface area contributed by atoms with Gasteiger partial charge in [0.1, 0.15) is 31.7 Å². The fraction of sp³-hybridized carbons (Fsp3) is 0.389. The van der Waals surface area contributed by atoms with Crippen LogP contribution in [-0.2, 0) is 88.6 Å². The van der Waals surface area contributed by atoms with Gasteiger partial charge in [0.25, 0.3) is 0 Å². The molecule has 32 heteroatoms. The molecule has 0 radical (unpaired) electrons. The molecule has 560 valence electrons. The lowest BCUT2D eigenvalue weighted by Crippen LogP contribution is -2.64. The van der Waals surface area contributed by atoms with E-state index in [1.54, 1.807) is 121 Å². The van der Waals surface area contributed by atoms with Gasteiger partial charge in [0.15, 0.2) is 0 Å². The average molecular weight is 1470 g/mol. The number of carbonyl (C=O) groups excluding carboxylic acids is 4. The fourth-order valence-electron chi connectivity index (χ4n) is 12.9. The van der Waals surface area contributed by atoms with Crippen LogP contribution in [-0.4, -0.2) is 107 Å². The molecule has 3 N–H and O–H groups in total. The summed E-state index contributed by atoms with van der Waals surface area (Å²) in [4.78, 5) is 82.7. The monoisotopic (exact) mass is 1470 g/mol. The lowest BCUT2D eigenvalue weighted by Gasteiger charge is -2.53. The largest absolute Gasteiger partial charge is 0.445 e. The van der Waals surface area contributed by atoms with Crippen molar-refractivity contribution in [1.82, 2.24) is 44.4 Å². The van der Waals surface area contributed by atoms with Gasteiger partial charge in [-0.1, -0.05) is 136 Å². The SMILES string of the molecule is C.C.CC(=O)C[C@]1(n2cn[nH]c2=O)CC[C@@](CO[C@H](C)c2cc(C(F)(F)F)cc(C(F)(F)F)c2)(c2ccccc2)N(C(=O)OCc2ccccc2)C1.C[C@@H](OC[C@@]1(c2ccccc2)CC[C@](CC(=O)N(C)O)(n2cn[nH]c2=O)CN1C(=O)OCc1ccccc1)c1cc(C(F)(F)F)cc(C(F)(F)F)c1. The van der Waals surface area contributed by atoms with Crippen LogP contribution in [0.1, 0.15) is 142 Å². The average Bonchev–Trinajstić information content (AvgIpc) is 1.04. The van der Waals surface area contributed by atoms with Crippen molar-refractivity contribution >= 4 is 23.9 Å². The summed E-state index contributed by atoms with van der Waals surface area (Å²) in [5, 5.41) is 22.6. The maximum Gasteiger partial charge on any atom is 0.416 e. The number of Topliss-reactive ketones (excluding diaryl/α,β-unsaturated/α-hetero) is 1. The standard InChI is InChI=1S/C35H35F6N5O6.C35H34F6N4O5.2CH4/c1-23(25-15-27(34(36,37)38)17-28(16-25)35(39,40)41)52-21-33(26-11-7-4-8-12-26)14-13-32(18-29(47)44(2)50,46-22-42-43-30(46)48)20-45(33)31(49)51-19-24-9-5-3-6-10-24;1-23(46)18-32(45-22-42-43-30(45)47)13-14-33(27-11-7-4-8-12-27,44(20-32)31(48)49-19-25-9-5-3-6-10-25)21-50-24(2)26-15-28(34(36,37)38)17-29(16-26)35(39,40)41;;/h3-12,15-17,22-23,50H,13-14,18-21H2,1-2H3,(H,43,48);3-12,15-17,22,24H,13-14,18-21H2,1-2H3,(H,43,47);2*1H4/t23-,32-,33-;24-,32-,33-;;/m11../s1. The number of hydrogen-bond donors (Lipinski definition) is 3. The van der Waals surface area contributed by atoms with Gasteiger partial charge in [-0.3, -0.25) is 33.7 Å². The van der Waals surface area contributed by atoms with Crippen molar-refractivity contribution in [2.75, 3.05) is 33.4 Å². The number of nitrogens with zero attached hydrogens (tertiary/aromatic N) is 7. The number of hydroxylamine groups is 2. The van der Waals surface area contributed by atoms with E-state index in [0.717, 1.165) is 17.9 Å². The minimum Gasteiger partial charge on any atom is -0.445 e. The highest BCUT2D eigenvalue weighted by molar-refractivity contribution is 5.77. The van der Waals surface area contributed by atoms with Crippen LogP contribution in [0, 0.1) is 0 Å². The number of H-pyrrole nitrogens is 2. The molecule has 10 rings (SSSR count). The zero-order valence-electron chi connectivity index (χ0n) is 55.0. The predicted molar refractivity (Wildman–Crippen MR) is 353 cm³/mol. The summed E-state index contributed by atoms with van der Waals surface area (Å²) in [7, 11) is 1.10. The van der Waals surface area contributed by atoms with Gasteiger partial charge >= 0.3 is 48.3 Å². The smallest absolute Gasteiger partial charge is 0.416 e. The molecule has 104 heavy (non-hydrogen) atoms. The third-order valence-electron chi connectivity index (χ3n) is 18.3. The molecule has 8 aromatic rings. The van der Waals surface area contributed by atoms with Gasteiger partial charge in [0.05, 0.1) is 76.3 Å². The number of ketones is 1. The number of aromatic amines is 2. The van der Waals surface area contributed by atoms with Gasteiger partial charge in [0, 0.05) is 26.6 Å². The second kappa shape index (κ2) is 32.7. The normalized spacial score (nSPS) is 19.8. The molecular weight excluding hydrogens is 1390 g/mol. The van der Waals surface area contributed by atoms with Crippen molar-refractivity contribution in [2.24, 2.45) is 0 Å². The lowest BCUT2D eigenvalue weighted by molar-refractivity contribution is -0.164. The van der Waals surface area contributed by atoms with Gasteiger partial charge in [-0.2, -0.15) is 62.9 Å². The summed E-state index contributed by atoms with van der Waals surface area (Å²) >= 11 is 0. The van der Waals surface area contributed by atoms with Crippen molar-refractivity contribution in [3.8, 4) is 0 Å². The Kier molecular flexibility index (Phi) is 25.5. The molecule has 6 atom stereocenters. The van der Waals surface area contributed by atoms with Crippen LogP contribution >= 0.6 is 0 Å². The molecule has 2 fully saturated rings. The second-order valence-electron chi connectivity index (χ2n) is 25.1. The second-order valence-corrected chi connectivity index (χ2v) is 25.1. The molecule has 0 unspecified atom stereocenters. The van der Waals surface area contributed by atoms with Crippen molar-refractivity contribution in [2.45, 2.75) is 146 Å².